The number of hydrogen-bond donors (Lipinski definition) is 0. The Balaban J connectivity index is 1.31. The molecule has 0 unspecified atom stereocenters. The van der Waals surface area contributed by atoms with Crippen LogP contribution in [0, 0.1) is 10.1 Å². The number of nitrogens with zero attached hydrogens (tertiary/aromatic N) is 3. The van der Waals surface area contributed by atoms with Gasteiger partial charge in [-0.25, -0.2) is 9.88 Å². The van der Waals surface area contributed by atoms with Crippen LogP contribution < -0.4 is 9.64 Å². The molecule has 8 nitrogen and oxygen atoms in total. The summed E-state index contributed by atoms with van der Waals surface area (Å²) in [7, 11) is 1.52. The SMILES string of the molecule is COc1ccc([N+](=O)[O-])cc1CSc1nc2ccc(N3C(=O)c4cccc5cccc(c45)C3=O)cc2s1. The molecular formula is C27H17N3O5S2. The molecule has 1 aromatic heterocycles. The van der Waals surface area contributed by atoms with Gasteiger partial charge in [0.25, 0.3) is 17.5 Å². The van der Waals surface area contributed by atoms with Crippen molar-refractivity contribution in [1.29, 1.82) is 0 Å². The number of thiazole rings is 1. The van der Waals surface area contributed by atoms with Crippen molar-refractivity contribution >= 4 is 67.3 Å². The molecule has 0 bridgehead atoms. The van der Waals surface area contributed by atoms with Crippen LogP contribution in [0.25, 0.3) is 21.0 Å². The fraction of sp³-hybridized carbons (Fsp3) is 0.0741. The van der Waals surface area contributed by atoms with E-state index in [4.69, 9.17) is 4.74 Å². The molecule has 10 heteroatoms. The van der Waals surface area contributed by atoms with E-state index in [9.17, 15) is 19.7 Å². The molecule has 2 heterocycles. The van der Waals surface area contributed by atoms with Gasteiger partial charge in [-0.1, -0.05) is 36.0 Å². The Bertz CT molecular complexity index is 1710. The smallest absolute Gasteiger partial charge is 0.270 e. The Labute approximate surface area is 218 Å². The van der Waals surface area contributed by atoms with Crippen LogP contribution in [0.3, 0.4) is 0 Å². The van der Waals surface area contributed by atoms with Crippen molar-refractivity contribution in [2.45, 2.75) is 10.1 Å². The van der Waals surface area contributed by atoms with Gasteiger partial charge in [-0.05, 0) is 41.8 Å². The van der Waals surface area contributed by atoms with E-state index in [0.29, 0.717) is 39.3 Å². The average Bonchev–Trinajstić information content (AvgIpc) is 3.32. The van der Waals surface area contributed by atoms with Gasteiger partial charge < -0.3 is 4.74 Å². The molecule has 1 aliphatic heterocycles. The van der Waals surface area contributed by atoms with Crippen LogP contribution >= 0.6 is 23.1 Å². The van der Waals surface area contributed by atoms with E-state index in [1.165, 1.54) is 47.2 Å². The number of thioether (sulfide) groups is 1. The van der Waals surface area contributed by atoms with Crippen LogP contribution in [0.5, 0.6) is 5.75 Å². The minimum absolute atomic E-state index is 0.00141. The predicted molar refractivity (Wildman–Crippen MR) is 144 cm³/mol. The molecule has 0 atom stereocenters. The summed E-state index contributed by atoms with van der Waals surface area (Å²) in [6, 6.07) is 20.7. The predicted octanol–water partition coefficient (Wildman–Crippen LogP) is 6.46. The number of rotatable bonds is 6. The molecule has 0 radical (unpaired) electrons. The van der Waals surface area contributed by atoms with Crippen LogP contribution in [0.4, 0.5) is 11.4 Å². The van der Waals surface area contributed by atoms with Gasteiger partial charge >= 0.3 is 0 Å². The second-order valence-electron chi connectivity index (χ2n) is 8.33. The van der Waals surface area contributed by atoms with Crippen molar-refractivity contribution < 1.29 is 19.2 Å². The lowest BCUT2D eigenvalue weighted by Crippen LogP contribution is -2.40. The lowest BCUT2D eigenvalue weighted by atomic mass is 9.94. The summed E-state index contributed by atoms with van der Waals surface area (Å²) in [6.45, 7) is 0. The Morgan fingerprint density at radius 3 is 2.41 bits per heavy atom. The lowest BCUT2D eigenvalue weighted by Gasteiger charge is -2.27. The van der Waals surface area contributed by atoms with Gasteiger partial charge in [0.1, 0.15) is 5.75 Å². The summed E-state index contributed by atoms with van der Waals surface area (Å²) in [4.78, 5) is 43.4. The molecule has 0 N–H and O–H groups in total. The van der Waals surface area contributed by atoms with E-state index >= 15 is 0 Å². The average molecular weight is 528 g/mol. The number of non-ortho nitro benzene ring substituents is 1. The molecule has 182 valence electrons. The monoisotopic (exact) mass is 527 g/mol. The van der Waals surface area contributed by atoms with Crippen LogP contribution in [-0.2, 0) is 5.75 Å². The zero-order valence-corrected chi connectivity index (χ0v) is 21.0. The quantitative estimate of drug-likeness (QED) is 0.108. The van der Waals surface area contributed by atoms with Crippen molar-refractivity contribution in [3.63, 3.8) is 0 Å². The molecular weight excluding hydrogens is 510 g/mol. The molecule has 0 aliphatic carbocycles. The number of ether oxygens (including phenoxy) is 1. The molecule has 37 heavy (non-hydrogen) atoms. The van der Waals surface area contributed by atoms with Crippen molar-refractivity contribution in [2.75, 3.05) is 12.0 Å². The number of carbonyl (C=O) groups is 2. The number of benzene rings is 4. The molecule has 0 spiro atoms. The molecule has 5 aromatic rings. The fourth-order valence-electron chi connectivity index (χ4n) is 4.49. The Morgan fingerprint density at radius 2 is 1.73 bits per heavy atom. The van der Waals surface area contributed by atoms with E-state index < -0.39 is 4.92 Å². The first-order valence-electron chi connectivity index (χ1n) is 11.2. The summed E-state index contributed by atoms with van der Waals surface area (Å²) < 4.78 is 6.93. The number of hydrogen-bond acceptors (Lipinski definition) is 8. The summed E-state index contributed by atoms with van der Waals surface area (Å²) in [5.41, 5.74) is 2.91. The number of methoxy groups -OCH3 is 1. The molecule has 6 rings (SSSR count). The largest absolute Gasteiger partial charge is 0.496 e. The molecule has 4 aromatic carbocycles. The Morgan fingerprint density at radius 1 is 1.00 bits per heavy atom. The number of nitro benzene ring substituents is 1. The van der Waals surface area contributed by atoms with Crippen LogP contribution in [0.15, 0.2) is 77.1 Å². The van der Waals surface area contributed by atoms with Crippen molar-refractivity contribution in [3.05, 3.63) is 99.6 Å². The summed E-state index contributed by atoms with van der Waals surface area (Å²) in [5, 5.41) is 12.7. The number of carbonyl (C=O) groups excluding carboxylic acids is 2. The molecule has 0 saturated carbocycles. The Hall–Kier alpha value is -4.28. The van der Waals surface area contributed by atoms with Gasteiger partial charge in [0, 0.05) is 40.0 Å². The highest BCUT2D eigenvalue weighted by Crippen LogP contribution is 2.38. The number of aromatic nitrogens is 1. The normalized spacial score (nSPS) is 12.9. The van der Waals surface area contributed by atoms with Gasteiger partial charge in [-0.15, -0.1) is 11.3 Å². The number of anilines is 1. The number of fused-ring (bicyclic) bond motifs is 1. The second-order valence-corrected chi connectivity index (χ2v) is 10.6. The van der Waals surface area contributed by atoms with Gasteiger partial charge in [-0.2, -0.15) is 0 Å². The van der Waals surface area contributed by atoms with E-state index in [-0.39, 0.29) is 17.5 Å². The third-order valence-electron chi connectivity index (χ3n) is 6.21. The highest BCUT2D eigenvalue weighted by molar-refractivity contribution is 8.00. The van der Waals surface area contributed by atoms with E-state index in [0.717, 1.165) is 19.9 Å². The number of imide groups is 1. The third-order valence-corrected chi connectivity index (χ3v) is 8.42. The first-order valence-corrected chi connectivity index (χ1v) is 13.0. The first-order chi connectivity index (χ1) is 17.9. The van der Waals surface area contributed by atoms with Crippen LogP contribution in [-0.4, -0.2) is 28.8 Å². The van der Waals surface area contributed by atoms with Crippen LogP contribution in [0.2, 0.25) is 0 Å². The Kier molecular flexibility index (Phi) is 5.62. The minimum Gasteiger partial charge on any atom is -0.496 e. The number of nitro groups is 1. The molecule has 0 fully saturated rings. The van der Waals surface area contributed by atoms with Gasteiger partial charge in [0.05, 0.1) is 27.9 Å². The van der Waals surface area contributed by atoms with Crippen LogP contribution in [0.1, 0.15) is 26.3 Å². The standard InChI is InChI=1S/C27H17N3O5S2/c1-35-22-11-9-18(30(33)34)12-16(22)14-36-27-28-21-10-8-17(13-23(21)37-27)29-25(31)19-6-2-4-15-5-3-7-20(24(15)19)26(29)32/h2-13H,14H2,1H3. The third kappa shape index (κ3) is 3.90. The fourth-order valence-corrected chi connectivity index (χ4v) is 6.57. The zero-order chi connectivity index (χ0) is 25.7. The van der Waals surface area contributed by atoms with E-state index in [1.54, 1.807) is 36.4 Å². The van der Waals surface area contributed by atoms with Gasteiger partial charge in [0.15, 0.2) is 4.34 Å². The summed E-state index contributed by atoms with van der Waals surface area (Å²) >= 11 is 2.87. The van der Waals surface area contributed by atoms with Gasteiger partial charge in [0.2, 0.25) is 0 Å². The summed E-state index contributed by atoms with van der Waals surface area (Å²) in [6.07, 6.45) is 0. The topological polar surface area (TPSA) is 103 Å². The van der Waals surface area contributed by atoms with Crippen molar-refractivity contribution in [2.24, 2.45) is 0 Å². The molecule has 1 aliphatic rings. The maximum atomic E-state index is 13.4. The van der Waals surface area contributed by atoms with Crippen molar-refractivity contribution in [1.82, 2.24) is 4.98 Å². The molecule has 2 amide bonds. The minimum atomic E-state index is -0.436. The maximum absolute atomic E-state index is 13.4. The van der Waals surface area contributed by atoms with Gasteiger partial charge in [-0.3, -0.25) is 19.7 Å². The van der Waals surface area contributed by atoms with Crippen molar-refractivity contribution in [3.8, 4) is 5.75 Å². The zero-order valence-electron chi connectivity index (χ0n) is 19.3. The number of amides is 2. The highest BCUT2D eigenvalue weighted by Gasteiger charge is 2.34. The highest BCUT2D eigenvalue weighted by atomic mass is 32.2. The second kappa shape index (κ2) is 8.99. The first kappa shape index (κ1) is 23.1. The lowest BCUT2D eigenvalue weighted by molar-refractivity contribution is -0.384. The van der Waals surface area contributed by atoms with E-state index in [2.05, 4.69) is 4.98 Å². The summed E-state index contributed by atoms with van der Waals surface area (Å²) in [5.74, 6) is 0.288. The van der Waals surface area contributed by atoms with E-state index in [1.807, 2.05) is 24.3 Å². The maximum Gasteiger partial charge on any atom is 0.270 e. The molecule has 0 saturated heterocycles.